The van der Waals surface area contributed by atoms with Gasteiger partial charge in [-0.3, -0.25) is 4.79 Å². The highest BCUT2D eigenvalue weighted by Crippen LogP contribution is 2.15. The van der Waals surface area contributed by atoms with Gasteiger partial charge in [-0.1, -0.05) is 24.3 Å². The number of halogens is 4. The number of alkyl halides is 3. The molecule has 10 heteroatoms. The van der Waals surface area contributed by atoms with Crippen molar-refractivity contribution in [2.75, 3.05) is 26.2 Å². The number of hydrogen-bond donors (Lipinski definition) is 3. The smallest absolute Gasteiger partial charge is 0.367 e. The van der Waals surface area contributed by atoms with Gasteiger partial charge in [0.2, 0.25) is 5.91 Å². The molecule has 1 rings (SSSR count). The molecule has 0 spiro atoms. The first-order valence-electron chi connectivity index (χ1n) is 8.29. The first kappa shape index (κ1) is 25.4. The lowest BCUT2D eigenvalue weighted by Crippen LogP contribution is -2.41. The van der Waals surface area contributed by atoms with Gasteiger partial charge in [0, 0.05) is 26.6 Å². The lowest BCUT2D eigenvalue weighted by Gasteiger charge is -2.11. The first-order chi connectivity index (χ1) is 12.3. The summed E-state index contributed by atoms with van der Waals surface area (Å²) in [4.78, 5) is 15.2. The van der Waals surface area contributed by atoms with Crippen LogP contribution in [-0.2, 0) is 22.7 Å². The van der Waals surface area contributed by atoms with Crippen molar-refractivity contribution in [2.24, 2.45) is 4.99 Å². The zero-order valence-corrected chi connectivity index (χ0v) is 17.7. The van der Waals surface area contributed by atoms with Crippen LogP contribution in [0.15, 0.2) is 29.3 Å². The predicted molar refractivity (Wildman–Crippen MR) is 109 cm³/mol. The Labute approximate surface area is 174 Å². The van der Waals surface area contributed by atoms with Gasteiger partial charge in [0.15, 0.2) is 5.96 Å². The Bertz CT molecular complexity index is 581. The Hall–Kier alpha value is -1.56. The zero-order chi connectivity index (χ0) is 19.4. The molecule has 0 saturated heterocycles. The van der Waals surface area contributed by atoms with Gasteiger partial charge in [0.25, 0.3) is 0 Å². The summed E-state index contributed by atoms with van der Waals surface area (Å²) in [6.45, 7) is 4.21. The van der Waals surface area contributed by atoms with Crippen molar-refractivity contribution >= 4 is 35.8 Å². The Morgan fingerprint density at radius 1 is 1.07 bits per heavy atom. The second kappa shape index (κ2) is 13.6. The SMILES string of the molecule is CCNC(=NCc1ccc(COCC(F)(F)F)cc1)NCCNC(C)=O.I. The molecule has 0 heterocycles. The predicted octanol–water partition coefficient (Wildman–Crippen LogP) is 2.57. The largest absolute Gasteiger partial charge is 0.411 e. The summed E-state index contributed by atoms with van der Waals surface area (Å²) >= 11 is 0. The van der Waals surface area contributed by atoms with Crippen LogP contribution in [-0.4, -0.2) is 44.3 Å². The van der Waals surface area contributed by atoms with E-state index in [1.807, 2.05) is 6.92 Å². The van der Waals surface area contributed by atoms with Crippen molar-refractivity contribution in [3.8, 4) is 0 Å². The van der Waals surface area contributed by atoms with E-state index in [2.05, 4.69) is 25.7 Å². The minimum atomic E-state index is -4.32. The molecule has 0 aliphatic rings. The fraction of sp³-hybridized carbons (Fsp3) is 0.529. The highest BCUT2D eigenvalue weighted by Gasteiger charge is 2.27. The van der Waals surface area contributed by atoms with Crippen LogP contribution in [0, 0.1) is 0 Å². The number of benzene rings is 1. The van der Waals surface area contributed by atoms with Crippen LogP contribution in [0.3, 0.4) is 0 Å². The molecule has 0 aliphatic heterocycles. The monoisotopic (exact) mass is 502 g/mol. The Kier molecular flexibility index (Phi) is 12.8. The quantitative estimate of drug-likeness (QED) is 0.210. The Morgan fingerprint density at radius 2 is 1.67 bits per heavy atom. The molecule has 0 radical (unpaired) electrons. The first-order valence-corrected chi connectivity index (χ1v) is 8.29. The Balaban J connectivity index is 0.00000676. The number of amides is 1. The van der Waals surface area contributed by atoms with Crippen LogP contribution in [0.2, 0.25) is 0 Å². The van der Waals surface area contributed by atoms with Gasteiger partial charge in [-0.05, 0) is 18.1 Å². The molecule has 3 N–H and O–H groups in total. The second-order valence-electron chi connectivity index (χ2n) is 5.53. The number of guanidine groups is 1. The average molecular weight is 502 g/mol. The van der Waals surface area contributed by atoms with Gasteiger partial charge in [0.1, 0.15) is 6.61 Å². The molecule has 0 fully saturated rings. The van der Waals surface area contributed by atoms with Gasteiger partial charge in [-0.15, -0.1) is 24.0 Å². The minimum Gasteiger partial charge on any atom is -0.367 e. The number of ether oxygens (including phenoxy) is 1. The summed E-state index contributed by atoms with van der Waals surface area (Å²) < 4.78 is 40.7. The molecule has 0 saturated carbocycles. The number of carbonyl (C=O) groups excluding carboxylic acids is 1. The standard InChI is InChI=1S/C17H25F3N4O2.HI/c1-3-21-16(23-9-8-22-13(2)25)24-10-14-4-6-15(7-5-14)11-26-12-17(18,19)20;/h4-7H,3,8-12H2,1-2H3,(H,22,25)(H2,21,23,24);1H. The fourth-order valence-electron chi connectivity index (χ4n) is 1.96. The van der Waals surface area contributed by atoms with E-state index in [0.717, 1.165) is 5.56 Å². The van der Waals surface area contributed by atoms with E-state index >= 15 is 0 Å². The van der Waals surface area contributed by atoms with Crippen molar-refractivity contribution in [1.29, 1.82) is 0 Å². The van der Waals surface area contributed by atoms with E-state index in [1.54, 1.807) is 24.3 Å². The summed E-state index contributed by atoms with van der Waals surface area (Å²) in [5.41, 5.74) is 1.59. The van der Waals surface area contributed by atoms with Crippen LogP contribution in [0.25, 0.3) is 0 Å². The maximum atomic E-state index is 12.0. The molecule has 0 unspecified atom stereocenters. The molecule has 0 bridgehead atoms. The van der Waals surface area contributed by atoms with Gasteiger partial charge in [0.05, 0.1) is 13.2 Å². The maximum Gasteiger partial charge on any atom is 0.411 e. The summed E-state index contributed by atoms with van der Waals surface area (Å²) in [6, 6.07) is 7.05. The molecule has 1 aromatic carbocycles. The third-order valence-corrected chi connectivity index (χ3v) is 3.11. The summed E-state index contributed by atoms with van der Waals surface area (Å²) in [7, 11) is 0. The minimum absolute atomic E-state index is 0. The van der Waals surface area contributed by atoms with Crippen molar-refractivity contribution in [3.63, 3.8) is 0 Å². The van der Waals surface area contributed by atoms with E-state index in [9.17, 15) is 18.0 Å². The number of rotatable bonds is 9. The highest BCUT2D eigenvalue weighted by atomic mass is 127. The van der Waals surface area contributed by atoms with Crippen LogP contribution >= 0.6 is 24.0 Å². The number of hydrogen-bond acceptors (Lipinski definition) is 3. The van der Waals surface area contributed by atoms with Gasteiger partial charge in [-0.2, -0.15) is 13.2 Å². The summed E-state index contributed by atoms with van der Waals surface area (Å²) in [5.74, 6) is 0.531. The molecule has 0 aromatic heterocycles. The lowest BCUT2D eigenvalue weighted by atomic mass is 10.1. The van der Waals surface area contributed by atoms with Crippen LogP contribution in [0.5, 0.6) is 0 Å². The fourth-order valence-corrected chi connectivity index (χ4v) is 1.96. The molecular formula is C17H26F3IN4O2. The summed E-state index contributed by atoms with van der Waals surface area (Å²) in [5, 5.41) is 8.87. The van der Waals surface area contributed by atoms with Crippen LogP contribution in [0.1, 0.15) is 25.0 Å². The van der Waals surface area contributed by atoms with E-state index in [4.69, 9.17) is 0 Å². The molecule has 0 aliphatic carbocycles. The highest BCUT2D eigenvalue weighted by molar-refractivity contribution is 14.0. The van der Waals surface area contributed by atoms with Crippen molar-refractivity contribution in [2.45, 2.75) is 33.2 Å². The molecule has 154 valence electrons. The molecule has 1 amide bonds. The van der Waals surface area contributed by atoms with Gasteiger partial charge >= 0.3 is 6.18 Å². The second-order valence-corrected chi connectivity index (χ2v) is 5.53. The average Bonchev–Trinajstić information content (AvgIpc) is 2.56. The number of nitrogens with zero attached hydrogens (tertiary/aromatic N) is 1. The zero-order valence-electron chi connectivity index (χ0n) is 15.4. The topological polar surface area (TPSA) is 74.8 Å². The normalized spacial score (nSPS) is 11.5. The third kappa shape index (κ3) is 13.3. The third-order valence-electron chi connectivity index (χ3n) is 3.11. The molecule has 1 aromatic rings. The molecule has 27 heavy (non-hydrogen) atoms. The Morgan fingerprint density at radius 3 is 2.22 bits per heavy atom. The lowest BCUT2D eigenvalue weighted by molar-refractivity contribution is -0.176. The van der Waals surface area contributed by atoms with Crippen LogP contribution < -0.4 is 16.0 Å². The van der Waals surface area contributed by atoms with Crippen molar-refractivity contribution in [3.05, 3.63) is 35.4 Å². The number of carbonyl (C=O) groups is 1. The molecule has 0 atom stereocenters. The van der Waals surface area contributed by atoms with Gasteiger partial charge < -0.3 is 20.7 Å². The maximum absolute atomic E-state index is 12.0. The van der Waals surface area contributed by atoms with Gasteiger partial charge in [-0.25, -0.2) is 4.99 Å². The van der Waals surface area contributed by atoms with E-state index in [0.29, 0.717) is 37.7 Å². The van der Waals surface area contributed by atoms with E-state index < -0.39 is 12.8 Å². The van der Waals surface area contributed by atoms with E-state index in [-0.39, 0.29) is 36.5 Å². The van der Waals surface area contributed by atoms with Crippen LogP contribution in [0.4, 0.5) is 13.2 Å². The number of aliphatic imine (C=N–C) groups is 1. The summed E-state index contributed by atoms with van der Waals surface area (Å²) in [6.07, 6.45) is -4.32. The number of nitrogens with one attached hydrogen (secondary N) is 3. The molecule has 6 nitrogen and oxygen atoms in total. The van der Waals surface area contributed by atoms with Crippen molar-refractivity contribution in [1.82, 2.24) is 16.0 Å². The van der Waals surface area contributed by atoms with E-state index in [1.165, 1.54) is 6.92 Å². The van der Waals surface area contributed by atoms with Crippen molar-refractivity contribution < 1.29 is 22.7 Å². The molecular weight excluding hydrogens is 476 g/mol.